The number of nitrogens with zero attached hydrogens (tertiary/aromatic N) is 2. The molecule has 0 saturated heterocycles. The van der Waals surface area contributed by atoms with Gasteiger partial charge in [0.15, 0.2) is 0 Å². The molecule has 1 aromatic heterocycles. The highest BCUT2D eigenvalue weighted by molar-refractivity contribution is 7.79. The van der Waals surface area contributed by atoms with Crippen LogP contribution in [0.1, 0.15) is 5.69 Å². The first kappa shape index (κ1) is 11.1. The molecule has 4 heteroatoms. The first-order chi connectivity index (χ1) is 7.74. The van der Waals surface area contributed by atoms with E-state index in [1.54, 1.807) is 7.11 Å². The molecule has 0 N–H and O–H groups in total. The lowest BCUT2D eigenvalue weighted by atomic mass is 10.1. The summed E-state index contributed by atoms with van der Waals surface area (Å²) in [7, 11) is 3.60. The van der Waals surface area contributed by atoms with Crippen LogP contribution in [0.25, 0.3) is 11.3 Å². The first-order valence-corrected chi connectivity index (χ1v) is 5.66. The van der Waals surface area contributed by atoms with Crippen LogP contribution in [-0.2, 0) is 12.8 Å². The van der Waals surface area contributed by atoms with E-state index in [2.05, 4.69) is 17.7 Å². The van der Waals surface area contributed by atoms with Crippen molar-refractivity contribution in [2.45, 2.75) is 5.75 Å². The fourth-order valence-corrected chi connectivity index (χ4v) is 1.81. The number of methoxy groups -OCH3 is 1. The van der Waals surface area contributed by atoms with Gasteiger partial charge in [-0.25, -0.2) is 0 Å². The van der Waals surface area contributed by atoms with Gasteiger partial charge >= 0.3 is 0 Å². The molecule has 1 heterocycles. The zero-order valence-electron chi connectivity index (χ0n) is 9.34. The van der Waals surface area contributed by atoms with Crippen LogP contribution >= 0.6 is 12.6 Å². The Hall–Kier alpha value is -1.42. The summed E-state index contributed by atoms with van der Waals surface area (Å²) < 4.78 is 7.07. The van der Waals surface area contributed by atoms with Crippen LogP contribution in [0.2, 0.25) is 0 Å². The Morgan fingerprint density at radius 1 is 1.38 bits per heavy atom. The molecule has 0 aliphatic carbocycles. The van der Waals surface area contributed by atoms with E-state index in [0.29, 0.717) is 5.75 Å². The summed E-state index contributed by atoms with van der Waals surface area (Å²) in [5.74, 6) is 1.50. The molecule has 0 bridgehead atoms. The van der Waals surface area contributed by atoms with Crippen LogP contribution in [-0.4, -0.2) is 16.9 Å². The molecule has 0 aliphatic rings. The second-order valence-corrected chi connectivity index (χ2v) is 3.85. The minimum Gasteiger partial charge on any atom is -0.497 e. The van der Waals surface area contributed by atoms with Gasteiger partial charge < -0.3 is 4.74 Å². The third-order valence-electron chi connectivity index (χ3n) is 2.46. The number of hydrogen-bond donors (Lipinski definition) is 1. The van der Waals surface area contributed by atoms with Crippen molar-refractivity contribution in [3.63, 3.8) is 0 Å². The lowest BCUT2D eigenvalue weighted by Crippen LogP contribution is -1.94. The van der Waals surface area contributed by atoms with E-state index in [0.717, 1.165) is 22.7 Å². The molecule has 0 saturated carbocycles. The van der Waals surface area contributed by atoms with E-state index in [1.807, 2.05) is 42.1 Å². The Bertz CT molecular complexity index is 494. The van der Waals surface area contributed by atoms with Crippen molar-refractivity contribution < 1.29 is 4.74 Å². The number of thiol groups is 1. The highest BCUT2D eigenvalue weighted by Crippen LogP contribution is 2.24. The van der Waals surface area contributed by atoms with Gasteiger partial charge in [-0.05, 0) is 18.2 Å². The van der Waals surface area contributed by atoms with Crippen LogP contribution < -0.4 is 4.74 Å². The largest absolute Gasteiger partial charge is 0.497 e. The summed E-state index contributed by atoms with van der Waals surface area (Å²) in [6, 6.07) is 9.99. The standard InChI is InChI=1S/C12H14N2OS/c1-14-12(7-10(8-16)13-14)9-4-3-5-11(6-9)15-2/h3-7,16H,8H2,1-2H3. The SMILES string of the molecule is COc1cccc(-c2cc(CS)nn2C)c1. The highest BCUT2D eigenvalue weighted by atomic mass is 32.1. The Kier molecular flexibility index (Phi) is 3.19. The molecule has 0 unspecified atom stereocenters. The van der Waals surface area contributed by atoms with Crippen molar-refractivity contribution in [1.82, 2.24) is 9.78 Å². The zero-order valence-corrected chi connectivity index (χ0v) is 10.2. The third kappa shape index (κ3) is 2.07. The molecule has 3 nitrogen and oxygen atoms in total. The normalized spacial score (nSPS) is 10.4. The van der Waals surface area contributed by atoms with E-state index in [1.165, 1.54) is 0 Å². The van der Waals surface area contributed by atoms with Gasteiger partial charge in [-0.2, -0.15) is 17.7 Å². The fraction of sp³-hybridized carbons (Fsp3) is 0.250. The van der Waals surface area contributed by atoms with E-state index in [4.69, 9.17) is 4.74 Å². The summed E-state index contributed by atoms with van der Waals surface area (Å²) in [4.78, 5) is 0. The Morgan fingerprint density at radius 3 is 2.81 bits per heavy atom. The lowest BCUT2D eigenvalue weighted by Gasteiger charge is -2.04. The zero-order chi connectivity index (χ0) is 11.5. The van der Waals surface area contributed by atoms with E-state index < -0.39 is 0 Å². The number of ether oxygens (including phenoxy) is 1. The molecule has 16 heavy (non-hydrogen) atoms. The second kappa shape index (κ2) is 4.61. The van der Waals surface area contributed by atoms with Crippen molar-refractivity contribution >= 4 is 12.6 Å². The topological polar surface area (TPSA) is 27.1 Å². The predicted octanol–water partition coefficient (Wildman–Crippen LogP) is 2.53. The van der Waals surface area contributed by atoms with Gasteiger partial charge in [-0.3, -0.25) is 4.68 Å². The van der Waals surface area contributed by atoms with Gasteiger partial charge in [-0.15, -0.1) is 0 Å². The second-order valence-electron chi connectivity index (χ2n) is 3.53. The predicted molar refractivity (Wildman–Crippen MR) is 67.9 cm³/mol. The fourth-order valence-electron chi connectivity index (χ4n) is 1.66. The molecule has 0 atom stereocenters. The van der Waals surface area contributed by atoms with Gasteiger partial charge in [0.05, 0.1) is 18.5 Å². The number of aromatic nitrogens is 2. The molecule has 84 valence electrons. The third-order valence-corrected chi connectivity index (χ3v) is 2.78. The minimum atomic E-state index is 0.651. The summed E-state index contributed by atoms with van der Waals surface area (Å²) >= 11 is 4.22. The molecule has 0 radical (unpaired) electrons. The van der Waals surface area contributed by atoms with Gasteiger partial charge in [-0.1, -0.05) is 12.1 Å². The summed E-state index contributed by atoms with van der Waals surface area (Å²) in [6.45, 7) is 0. The molecule has 2 rings (SSSR count). The maximum absolute atomic E-state index is 5.20. The smallest absolute Gasteiger partial charge is 0.119 e. The first-order valence-electron chi connectivity index (χ1n) is 5.03. The van der Waals surface area contributed by atoms with Crippen LogP contribution in [0.15, 0.2) is 30.3 Å². The summed E-state index contributed by atoms with van der Waals surface area (Å²) in [5.41, 5.74) is 3.15. The van der Waals surface area contributed by atoms with Crippen molar-refractivity contribution in [1.29, 1.82) is 0 Å². The maximum Gasteiger partial charge on any atom is 0.119 e. The molecule has 0 amide bonds. The molecule has 2 aromatic rings. The van der Waals surface area contributed by atoms with Crippen LogP contribution in [0.5, 0.6) is 5.75 Å². The van der Waals surface area contributed by atoms with Gasteiger partial charge in [0.2, 0.25) is 0 Å². The van der Waals surface area contributed by atoms with E-state index in [-0.39, 0.29) is 0 Å². The molecule has 1 aromatic carbocycles. The number of hydrogen-bond acceptors (Lipinski definition) is 3. The quantitative estimate of drug-likeness (QED) is 0.826. The van der Waals surface area contributed by atoms with Crippen LogP contribution in [0, 0.1) is 0 Å². The van der Waals surface area contributed by atoms with Crippen molar-refractivity contribution in [3.05, 3.63) is 36.0 Å². The average Bonchev–Trinajstić information content (AvgIpc) is 2.71. The molecular weight excluding hydrogens is 220 g/mol. The van der Waals surface area contributed by atoms with Crippen LogP contribution in [0.3, 0.4) is 0 Å². The molecule has 0 spiro atoms. The highest BCUT2D eigenvalue weighted by Gasteiger charge is 2.06. The van der Waals surface area contributed by atoms with Crippen molar-refractivity contribution in [2.75, 3.05) is 7.11 Å². The maximum atomic E-state index is 5.20. The van der Waals surface area contributed by atoms with Crippen molar-refractivity contribution in [2.24, 2.45) is 7.05 Å². The lowest BCUT2D eigenvalue weighted by molar-refractivity contribution is 0.415. The minimum absolute atomic E-state index is 0.651. The molecule has 0 fully saturated rings. The Labute approximate surface area is 100 Å². The van der Waals surface area contributed by atoms with Gasteiger partial charge in [0, 0.05) is 18.4 Å². The average molecular weight is 234 g/mol. The van der Waals surface area contributed by atoms with Crippen molar-refractivity contribution in [3.8, 4) is 17.0 Å². The van der Waals surface area contributed by atoms with Gasteiger partial charge in [0.25, 0.3) is 0 Å². The Morgan fingerprint density at radius 2 is 2.19 bits per heavy atom. The van der Waals surface area contributed by atoms with Gasteiger partial charge in [0.1, 0.15) is 5.75 Å². The molecular formula is C12H14N2OS. The Balaban J connectivity index is 2.45. The summed E-state index contributed by atoms with van der Waals surface area (Å²) in [6.07, 6.45) is 0. The number of benzene rings is 1. The summed E-state index contributed by atoms with van der Waals surface area (Å²) in [5, 5.41) is 4.36. The van der Waals surface area contributed by atoms with E-state index >= 15 is 0 Å². The van der Waals surface area contributed by atoms with Crippen LogP contribution in [0.4, 0.5) is 0 Å². The monoisotopic (exact) mass is 234 g/mol. The molecule has 0 aliphatic heterocycles. The number of aryl methyl sites for hydroxylation is 1. The number of rotatable bonds is 3. The van der Waals surface area contributed by atoms with E-state index in [9.17, 15) is 0 Å².